The SMILES string of the molecule is ClC(Cl)(Cl)c1ccc(C(Cl)(Cl)Cl)c(C(Cl)(Cl)Cl)c1. The molecule has 1 aromatic rings. The minimum atomic E-state index is -1.81. The van der Waals surface area contributed by atoms with Crippen molar-refractivity contribution in [2.24, 2.45) is 0 Å². The molecule has 0 spiro atoms. The van der Waals surface area contributed by atoms with E-state index in [1.54, 1.807) is 0 Å². The van der Waals surface area contributed by atoms with E-state index >= 15 is 0 Å². The Morgan fingerprint density at radius 1 is 0.556 bits per heavy atom. The van der Waals surface area contributed by atoms with Crippen molar-refractivity contribution in [2.75, 3.05) is 0 Å². The molecule has 0 aliphatic heterocycles. The molecule has 0 saturated carbocycles. The van der Waals surface area contributed by atoms with Crippen LogP contribution in [0.5, 0.6) is 0 Å². The van der Waals surface area contributed by atoms with E-state index < -0.39 is 11.4 Å². The molecule has 1 aromatic carbocycles. The Morgan fingerprint density at radius 2 is 1.00 bits per heavy atom. The van der Waals surface area contributed by atoms with Crippen LogP contribution >= 0.6 is 104 Å². The summed E-state index contributed by atoms with van der Waals surface area (Å²) in [7, 11) is 0. The molecule has 0 aromatic heterocycles. The number of benzene rings is 1. The van der Waals surface area contributed by atoms with Gasteiger partial charge in [0.05, 0.1) is 0 Å². The highest BCUT2D eigenvalue weighted by molar-refractivity contribution is 6.69. The predicted octanol–water partition coefficient (Wildman–Crippen LogP) is 7.17. The van der Waals surface area contributed by atoms with Gasteiger partial charge in [-0.05, 0) is 6.07 Å². The third-order valence-corrected chi connectivity index (χ3v) is 3.83. The molecule has 18 heavy (non-hydrogen) atoms. The van der Waals surface area contributed by atoms with Gasteiger partial charge in [0.1, 0.15) is 0 Å². The summed E-state index contributed by atoms with van der Waals surface area (Å²) in [6.45, 7) is 0. The maximum absolute atomic E-state index is 5.82. The lowest BCUT2D eigenvalue weighted by Gasteiger charge is -2.23. The molecule has 0 amide bonds. The van der Waals surface area contributed by atoms with Crippen molar-refractivity contribution in [3.8, 4) is 0 Å². The van der Waals surface area contributed by atoms with Crippen molar-refractivity contribution < 1.29 is 0 Å². The second-order valence-corrected chi connectivity index (χ2v) is 10.1. The van der Waals surface area contributed by atoms with Crippen LogP contribution in [-0.2, 0) is 11.4 Å². The van der Waals surface area contributed by atoms with Crippen molar-refractivity contribution in [3.05, 3.63) is 34.9 Å². The Bertz CT molecular complexity index is 435. The van der Waals surface area contributed by atoms with E-state index in [0.29, 0.717) is 5.56 Å². The van der Waals surface area contributed by atoms with Gasteiger partial charge in [-0.3, -0.25) is 0 Å². The molecular formula is C9H3Cl9. The number of hydrogen-bond donors (Lipinski definition) is 0. The molecule has 0 fully saturated rings. The fourth-order valence-corrected chi connectivity index (χ4v) is 2.52. The minimum absolute atomic E-state index is 0.135. The summed E-state index contributed by atoms with van der Waals surface area (Å²) in [5, 5.41) is 0. The summed E-state index contributed by atoms with van der Waals surface area (Å²) in [5.74, 6) is 0. The van der Waals surface area contributed by atoms with Gasteiger partial charge in [0, 0.05) is 16.7 Å². The van der Waals surface area contributed by atoms with Crippen LogP contribution in [0.25, 0.3) is 0 Å². The van der Waals surface area contributed by atoms with Crippen LogP contribution in [0.15, 0.2) is 18.2 Å². The molecule has 0 radical (unpaired) electrons. The summed E-state index contributed by atoms with van der Waals surface area (Å²) >= 11 is 52.1. The van der Waals surface area contributed by atoms with Crippen LogP contribution in [0.1, 0.15) is 16.7 Å². The number of rotatable bonds is 0. The summed E-state index contributed by atoms with van der Waals surface area (Å²) in [4.78, 5) is 0. The molecular weight excluding hydrogens is 427 g/mol. The van der Waals surface area contributed by atoms with Gasteiger partial charge in [-0.1, -0.05) is 117 Å². The number of halogens is 9. The number of alkyl halides is 9. The maximum Gasteiger partial charge on any atom is 0.216 e. The van der Waals surface area contributed by atoms with Gasteiger partial charge in [0.25, 0.3) is 0 Å². The van der Waals surface area contributed by atoms with Crippen molar-refractivity contribution >= 4 is 104 Å². The van der Waals surface area contributed by atoms with Crippen LogP contribution in [-0.4, -0.2) is 0 Å². The first kappa shape index (κ1) is 17.9. The Kier molecular flexibility index (Phi) is 5.87. The Morgan fingerprint density at radius 3 is 1.33 bits per heavy atom. The van der Waals surface area contributed by atoms with E-state index in [2.05, 4.69) is 0 Å². The van der Waals surface area contributed by atoms with Gasteiger partial charge in [0.15, 0.2) is 0 Å². The van der Waals surface area contributed by atoms with E-state index in [9.17, 15) is 0 Å². The van der Waals surface area contributed by atoms with Gasteiger partial charge in [-0.25, -0.2) is 0 Å². The van der Waals surface area contributed by atoms with Gasteiger partial charge < -0.3 is 0 Å². The second kappa shape index (κ2) is 5.91. The third kappa shape index (κ3) is 4.69. The fourth-order valence-electron chi connectivity index (χ4n) is 1.20. The Labute approximate surface area is 149 Å². The maximum atomic E-state index is 5.82. The molecule has 0 aliphatic rings. The lowest BCUT2D eigenvalue weighted by atomic mass is 10.1. The highest BCUT2D eigenvalue weighted by Gasteiger charge is 2.36. The largest absolute Gasteiger partial charge is 0.216 e. The monoisotopic (exact) mass is 426 g/mol. The van der Waals surface area contributed by atoms with Crippen molar-refractivity contribution in [1.29, 1.82) is 0 Å². The quantitative estimate of drug-likeness (QED) is 0.383. The average Bonchev–Trinajstić information content (AvgIpc) is 2.12. The topological polar surface area (TPSA) is 0 Å². The standard InChI is InChI=1S/C9H3Cl9/c10-7(11,12)4-1-2-5(8(13,14)15)6(3-4)9(16,17)18/h1-3H. The van der Waals surface area contributed by atoms with Crippen LogP contribution in [0, 0.1) is 0 Å². The van der Waals surface area contributed by atoms with Gasteiger partial charge in [0.2, 0.25) is 11.4 Å². The molecule has 9 heteroatoms. The minimum Gasteiger partial charge on any atom is -0.0784 e. The lowest BCUT2D eigenvalue weighted by molar-refractivity contribution is 1.08. The first-order valence-electron chi connectivity index (χ1n) is 4.19. The van der Waals surface area contributed by atoms with E-state index in [0.717, 1.165) is 0 Å². The predicted molar refractivity (Wildman–Crippen MR) is 84.2 cm³/mol. The third-order valence-electron chi connectivity index (χ3n) is 1.96. The van der Waals surface area contributed by atoms with E-state index in [1.165, 1.54) is 18.2 Å². The highest BCUT2D eigenvalue weighted by atomic mass is 35.6. The Balaban J connectivity index is 3.50. The molecule has 0 unspecified atom stereocenters. The smallest absolute Gasteiger partial charge is 0.0784 e. The number of hydrogen-bond acceptors (Lipinski definition) is 0. The zero-order valence-corrected chi connectivity index (χ0v) is 14.9. The van der Waals surface area contributed by atoms with Crippen LogP contribution in [0.2, 0.25) is 0 Å². The van der Waals surface area contributed by atoms with Gasteiger partial charge >= 0.3 is 0 Å². The van der Waals surface area contributed by atoms with Crippen LogP contribution in [0.3, 0.4) is 0 Å². The first-order chi connectivity index (χ1) is 7.83. The normalized spacial score (nSPS) is 13.8. The second-order valence-electron chi connectivity index (χ2n) is 3.25. The molecule has 0 bridgehead atoms. The van der Waals surface area contributed by atoms with Crippen LogP contribution in [0.4, 0.5) is 0 Å². The fraction of sp³-hybridized carbons (Fsp3) is 0.333. The summed E-state index contributed by atoms with van der Waals surface area (Å²) in [6.07, 6.45) is 0. The lowest BCUT2D eigenvalue weighted by Crippen LogP contribution is -2.14. The zero-order valence-electron chi connectivity index (χ0n) is 8.13. The average molecular weight is 430 g/mol. The summed E-state index contributed by atoms with van der Waals surface area (Å²) < 4.78 is -5.24. The van der Waals surface area contributed by atoms with Gasteiger partial charge in [-0.2, -0.15) is 0 Å². The van der Waals surface area contributed by atoms with Crippen molar-refractivity contribution in [1.82, 2.24) is 0 Å². The van der Waals surface area contributed by atoms with E-state index in [4.69, 9.17) is 104 Å². The van der Waals surface area contributed by atoms with E-state index in [1.807, 2.05) is 0 Å². The van der Waals surface area contributed by atoms with Gasteiger partial charge in [-0.15, -0.1) is 0 Å². The highest BCUT2D eigenvalue weighted by Crippen LogP contribution is 2.50. The molecule has 1 rings (SSSR count). The summed E-state index contributed by atoms with van der Waals surface area (Å²) in [6, 6.07) is 4.28. The van der Waals surface area contributed by atoms with Crippen molar-refractivity contribution in [2.45, 2.75) is 11.4 Å². The molecule has 0 aliphatic carbocycles. The molecule has 0 nitrogen and oxygen atoms in total. The van der Waals surface area contributed by atoms with Crippen molar-refractivity contribution in [3.63, 3.8) is 0 Å². The molecule has 102 valence electrons. The van der Waals surface area contributed by atoms with Crippen LogP contribution < -0.4 is 0 Å². The molecule has 0 saturated heterocycles. The molecule has 0 N–H and O–H groups in total. The molecule has 0 heterocycles. The molecule has 0 atom stereocenters. The zero-order chi connectivity index (χ0) is 14.4. The first-order valence-corrected chi connectivity index (χ1v) is 7.59. The van der Waals surface area contributed by atoms with E-state index in [-0.39, 0.29) is 11.1 Å². The Hall–Kier alpha value is 1.83. The summed E-state index contributed by atoms with van der Waals surface area (Å²) in [5.41, 5.74) is 0.633.